The summed E-state index contributed by atoms with van der Waals surface area (Å²) in [5, 5.41) is 19.2. The minimum atomic E-state index is -1.21. The van der Waals surface area contributed by atoms with Crippen LogP contribution in [-0.4, -0.2) is 30.7 Å². The van der Waals surface area contributed by atoms with Crippen LogP contribution in [0.4, 0.5) is 16.4 Å². The van der Waals surface area contributed by atoms with E-state index < -0.39 is 6.09 Å². The van der Waals surface area contributed by atoms with Crippen LogP contribution in [0.2, 0.25) is 0 Å². The van der Waals surface area contributed by atoms with Crippen LogP contribution in [0.1, 0.15) is 36.8 Å². The van der Waals surface area contributed by atoms with Crippen molar-refractivity contribution in [3.8, 4) is 17.3 Å². The van der Waals surface area contributed by atoms with Gasteiger partial charge in [0.15, 0.2) is 0 Å². The molecule has 0 radical (unpaired) electrons. The predicted octanol–water partition coefficient (Wildman–Crippen LogP) is 5.08. The monoisotopic (exact) mass is 424 g/mol. The zero-order chi connectivity index (χ0) is 22.2. The van der Waals surface area contributed by atoms with Crippen molar-refractivity contribution in [1.82, 2.24) is 19.5 Å². The van der Waals surface area contributed by atoms with E-state index in [1.165, 1.54) is 18.3 Å². The van der Waals surface area contributed by atoms with Gasteiger partial charge >= 0.3 is 6.09 Å². The van der Waals surface area contributed by atoms with E-state index >= 15 is 0 Å². The van der Waals surface area contributed by atoms with Gasteiger partial charge in [0.1, 0.15) is 11.6 Å². The molecule has 0 unspecified atom stereocenters. The molecule has 3 heterocycles. The summed E-state index contributed by atoms with van der Waals surface area (Å²) in [5.41, 5.74) is 4.83. The first-order chi connectivity index (χ1) is 15.6. The van der Waals surface area contributed by atoms with Gasteiger partial charge in [-0.3, -0.25) is 0 Å². The first-order valence-electron chi connectivity index (χ1n) is 10.4. The molecule has 0 spiro atoms. The molecule has 1 saturated carbocycles. The van der Waals surface area contributed by atoms with E-state index in [2.05, 4.69) is 26.4 Å². The van der Waals surface area contributed by atoms with Gasteiger partial charge in [-0.1, -0.05) is 6.07 Å². The van der Waals surface area contributed by atoms with Crippen LogP contribution < -0.4 is 4.90 Å². The van der Waals surface area contributed by atoms with E-state index in [1.807, 2.05) is 36.7 Å². The minimum absolute atomic E-state index is 0.139. The second-order valence-electron chi connectivity index (χ2n) is 7.78. The van der Waals surface area contributed by atoms with Gasteiger partial charge in [0.25, 0.3) is 0 Å². The summed E-state index contributed by atoms with van der Waals surface area (Å²) in [7, 11) is 0. The third-order valence-corrected chi connectivity index (χ3v) is 5.66. The van der Waals surface area contributed by atoms with Crippen LogP contribution in [0.3, 0.4) is 0 Å². The lowest BCUT2D eigenvalue weighted by Crippen LogP contribution is -2.26. The fourth-order valence-electron chi connectivity index (χ4n) is 3.85. The number of anilines is 2. The van der Waals surface area contributed by atoms with Gasteiger partial charge in [0.2, 0.25) is 0 Å². The van der Waals surface area contributed by atoms with E-state index in [0.717, 1.165) is 46.4 Å². The van der Waals surface area contributed by atoms with Crippen LogP contribution in [0.5, 0.6) is 0 Å². The number of rotatable bonds is 5. The molecular weight excluding hydrogens is 404 g/mol. The Morgan fingerprint density at radius 2 is 2.03 bits per heavy atom. The molecular formula is C24H20N6O2. The van der Waals surface area contributed by atoms with E-state index in [9.17, 15) is 15.2 Å². The SMILES string of the molecule is CCn1cnc2cc(-c3cc(C4CC4)cc(N(C(=O)O)c4cc(C#N)ccn4)n3)ccc21. The van der Waals surface area contributed by atoms with Crippen molar-refractivity contribution in [2.24, 2.45) is 0 Å². The lowest BCUT2D eigenvalue weighted by atomic mass is 10.1. The third kappa shape index (κ3) is 3.54. The van der Waals surface area contributed by atoms with E-state index in [1.54, 1.807) is 6.07 Å². The number of pyridine rings is 2. The number of carboxylic acid groups (broad SMARTS) is 1. The third-order valence-electron chi connectivity index (χ3n) is 5.66. The highest BCUT2D eigenvalue weighted by Gasteiger charge is 2.28. The van der Waals surface area contributed by atoms with Gasteiger partial charge in [0.05, 0.1) is 34.7 Å². The maximum atomic E-state index is 12.2. The van der Waals surface area contributed by atoms with Crippen molar-refractivity contribution >= 4 is 28.8 Å². The quantitative estimate of drug-likeness (QED) is 0.479. The summed E-state index contributed by atoms with van der Waals surface area (Å²) in [4.78, 5) is 26.6. The van der Waals surface area contributed by atoms with E-state index in [0.29, 0.717) is 17.2 Å². The molecule has 4 aromatic rings. The largest absolute Gasteiger partial charge is 0.464 e. The number of imidazole rings is 1. The number of hydrogen-bond donors (Lipinski definition) is 1. The number of benzene rings is 1. The van der Waals surface area contributed by atoms with Crippen molar-refractivity contribution in [2.75, 3.05) is 4.90 Å². The van der Waals surface area contributed by atoms with Gasteiger partial charge in [-0.15, -0.1) is 0 Å². The zero-order valence-electron chi connectivity index (χ0n) is 17.4. The van der Waals surface area contributed by atoms with Crippen LogP contribution >= 0.6 is 0 Å². The molecule has 1 N–H and O–H groups in total. The first kappa shape index (κ1) is 19.7. The molecule has 0 atom stereocenters. The molecule has 8 nitrogen and oxygen atoms in total. The van der Waals surface area contributed by atoms with Crippen LogP contribution in [0.15, 0.2) is 55.0 Å². The molecule has 5 rings (SSSR count). The maximum Gasteiger partial charge on any atom is 0.418 e. The predicted molar refractivity (Wildman–Crippen MR) is 120 cm³/mol. The van der Waals surface area contributed by atoms with Crippen LogP contribution in [0, 0.1) is 11.3 Å². The molecule has 1 amide bonds. The number of carbonyl (C=O) groups is 1. The Hall–Kier alpha value is -4.25. The first-order valence-corrected chi connectivity index (χ1v) is 10.4. The molecule has 32 heavy (non-hydrogen) atoms. The van der Waals surface area contributed by atoms with Crippen LogP contribution in [0.25, 0.3) is 22.3 Å². The number of amides is 1. The lowest BCUT2D eigenvalue weighted by molar-refractivity contribution is 0.204. The molecule has 1 fully saturated rings. The molecule has 0 saturated heterocycles. The van der Waals surface area contributed by atoms with Gasteiger partial charge in [-0.2, -0.15) is 5.26 Å². The summed E-state index contributed by atoms with van der Waals surface area (Å²) in [6, 6.07) is 14.8. The van der Waals surface area contributed by atoms with Crippen molar-refractivity contribution in [3.05, 3.63) is 66.1 Å². The second kappa shape index (κ2) is 7.78. The van der Waals surface area contributed by atoms with Gasteiger partial charge in [-0.05, 0) is 67.6 Å². The second-order valence-corrected chi connectivity index (χ2v) is 7.78. The standard InChI is InChI=1S/C24H20N6O2/c1-2-29-14-27-20-10-17(5-6-21(20)29)19-11-18(16-3-4-16)12-23(28-19)30(24(31)32)22-9-15(13-25)7-8-26-22/h5-12,14,16H,2-4H2,1H3,(H,31,32). The highest BCUT2D eigenvalue weighted by molar-refractivity contribution is 5.93. The van der Waals surface area contributed by atoms with E-state index in [-0.39, 0.29) is 11.6 Å². The summed E-state index contributed by atoms with van der Waals surface area (Å²) < 4.78 is 2.07. The van der Waals surface area contributed by atoms with Crippen molar-refractivity contribution in [1.29, 1.82) is 5.26 Å². The van der Waals surface area contributed by atoms with E-state index in [4.69, 9.17) is 0 Å². The fourth-order valence-corrected chi connectivity index (χ4v) is 3.85. The van der Waals surface area contributed by atoms with Gasteiger partial charge < -0.3 is 9.67 Å². The molecule has 158 valence electrons. The fraction of sp³-hybridized carbons (Fsp3) is 0.208. The lowest BCUT2D eigenvalue weighted by Gasteiger charge is -2.19. The highest BCUT2D eigenvalue weighted by atomic mass is 16.4. The maximum absolute atomic E-state index is 12.2. The molecule has 1 aromatic carbocycles. The molecule has 1 aliphatic carbocycles. The average molecular weight is 424 g/mol. The van der Waals surface area contributed by atoms with Gasteiger partial charge in [0, 0.05) is 18.3 Å². The molecule has 1 aliphatic rings. The van der Waals surface area contributed by atoms with Crippen molar-refractivity contribution < 1.29 is 9.90 Å². The Bertz CT molecular complexity index is 1380. The summed E-state index contributed by atoms with van der Waals surface area (Å²) in [6.45, 7) is 2.90. The van der Waals surface area contributed by atoms with Crippen LogP contribution in [-0.2, 0) is 6.54 Å². The molecule has 8 heteroatoms. The normalized spacial score (nSPS) is 13.1. The number of fused-ring (bicyclic) bond motifs is 1. The topological polar surface area (TPSA) is 108 Å². The number of nitrogens with zero attached hydrogens (tertiary/aromatic N) is 6. The Morgan fingerprint density at radius 3 is 2.75 bits per heavy atom. The summed E-state index contributed by atoms with van der Waals surface area (Å²) in [5.74, 6) is 0.798. The zero-order valence-corrected chi connectivity index (χ0v) is 17.4. The Labute approximate surface area is 184 Å². The Balaban J connectivity index is 1.64. The summed E-state index contributed by atoms with van der Waals surface area (Å²) in [6.07, 6.45) is 4.16. The molecule has 3 aromatic heterocycles. The van der Waals surface area contributed by atoms with Crippen molar-refractivity contribution in [3.63, 3.8) is 0 Å². The number of aromatic nitrogens is 4. The minimum Gasteiger partial charge on any atom is -0.464 e. The number of hydrogen-bond acceptors (Lipinski definition) is 5. The Morgan fingerprint density at radius 1 is 1.19 bits per heavy atom. The molecule has 0 aliphatic heterocycles. The number of nitriles is 1. The summed E-state index contributed by atoms with van der Waals surface area (Å²) >= 11 is 0. The number of aryl methyl sites for hydroxylation is 1. The van der Waals surface area contributed by atoms with Gasteiger partial charge in [-0.25, -0.2) is 24.6 Å². The highest BCUT2D eigenvalue weighted by Crippen LogP contribution is 2.42. The van der Waals surface area contributed by atoms with Crippen molar-refractivity contribution in [2.45, 2.75) is 32.2 Å². The Kier molecular flexibility index (Phi) is 4.79. The average Bonchev–Trinajstić information content (AvgIpc) is 3.58. The molecule has 0 bridgehead atoms. The smallest absolute Gasteiger partial charge is 0.418 e.